The van der Waals surface area contributed by atoms with Crippen LogP contribution in [0.1, 0.15) is 37.7 Å². The standard InChI is InChI=1S/C23H28N4/c1-26(2)13-8-14-27-22-12-7-6-11-20(22)21(19(16-24)17-25)15-23(27)18-9-4-3-5-10-18/h3-5,9-10,15,20,22H,6-8,11-14H2,1-2H3. The highest BCUT2D eigenvalue weighted by Gasteiger charge is 2.38. The van der Waals surface area contributed by atoms with E-state index in [0.29, 0.717) is 12.0 Å². The second-order valence-electron chi connectivity index (χ2n) is 7.76. The van der Waals surface area contributed by atoms with E-state index in [0.717, 1.165) is 43.6 Å². The lowest BCUT2D eigenvalue weighted by Crippen LogP contribution is -2.45. The van der Waals surface area contributed by atoms with Crippen molar-refractivity contribution < 1.29 is 0 Å². The maximum absolute atomic E-state index is 9.52. The molecule has 1 fully saturated rings. The van der Waals surface area contributed by atoms with Gasteiger partial charge in [0.15, 0.2) is 0 Å². The van der Waals surface area contributed by atoms with Gasteiger partial charge in [0, 0.05) is 24.2 Å². The van der Waals surface area contributed by atoms with Gasteiger partial charge in [-0.3, -0.25) is 0 Å². The van der Waals surface area contributed by atoms with E-state index in [1.807, 2.05) is 6.07 Å². The zero-order chi connectivity index (χ0) is 19.2. The average Bonchev–Trinajstić information content (AvgIpc) is 2.70. The normalized spacial score (nSPS) is 21.9. The van der Waals surface area contributed by atoms with Crippen molar-refractivity contribution >= 4 is 5.70 Å². The van der Waals surface area contributed by atoms with Crippen LogP contribution < -0.4 is 0 Å². The van der Waals surface area contributed by atoms with Crippen LogP contribution in [0.2, 0.25) is 0 Å². The molecule has 1 heterocycles. The fourth-order valence-electron chi connectivity index (χ4n) is 4.48. The van der Waals surface area contributed by atoms with Crippen molar-refractivity contribution in [2.24, 2.45) is 5.92 Å². The number of nitrogens with zero attached hydrogens (tertiary/aromatic N) is 4. The zero-order valence-corrected chi connectivity index (χ0v) is 16.4. The molecule has 4 heteroatoms. The van der Waals surface area contributed by atoms with Gasteiger partial charge in [-0.1, -0.05) is 43.2 Å². The van der Waals surface area contributed by atoms with Gasteiger partial charge in [0.1, 0.15) is 17.7 Å². The van der Waals surface area contributed by atoms with Crippen molar-refractivity contribution in [1.29, 1.82) is 10.5 Å². The second kappa shape index (κ2) is 8.89. The van der Waals surface area contributed by atoms with E-state index in [-0.39, 0.29) is 5.57 Å². The average molecular weight is 361 g/mol. The Morgan fingerprint density at radius 3 is 2.48 bits per heavy atom. The Morgan fingerprint density at radius 1 is 1.11 bits per heavy atom. The molecule has 2 aliphatic rings. The highest BCUT2D eigenvalue weighted by atomic mass is 15.2. The summed E-state index contributed by atoms with van der Waals surface area (Å²) in [6.07, 6.45) is 7.81. The molecule has 1 aromatic rings. The van der Waals surface area contributed by atoms with Crippen molar-refractivity contribution in [2.45, 2.75) is 38.1 Å². The molecule has 1 saturated carbocycles. The lowest BCUT2D eigenvalue weighted by atomic mass is 9.74. The van der Waals surface area contributed by atoms with Crippen LogP contribution in [0.3, 0.4) is 0 Å². The summed E-state index contributed by atoms with van der Waals surface area (Å²) in [7, 11) is 4.22. The number of allylic oxidation sites excluding steroid dienone is 2. The quantitative estimate of drug-likeness (QED) is 0.739. The van der Waals surface area contributed by atoms with Gasteiger partial charge >= 0.3 is 0 Å². The summed E-state index contributed by atoms with van der Waals surface area (Å²) in [5, 5.41) is 19.0. The summed E-state index contributed by atoms with van der Waals surface area (Å²) in [6, 6.07) is 15.1. The third-order valence-electron chi connectivity index (χ3n) is 5.72. The first-order valence-corrected chi connectivity index (χ1v) is 9.88. The molecule has 1 aromatic carbocycles. The summed E-state index contributed by atoms with van der Waals surface area (Å²) in [4.78, 5) is 4.78. The summed E-state index contributed by atoms with van der Waals surface area (Å²) >= 11 is 0. The van der Waals surface area contributed by atoms with Crippen LogP contribution in [-0.4, -0.2) is 43.0 Å². The van der Waals surface area contributed by atoms with E-state index in [4.69, 9.17) is 0 Å². The largest absolute Gasteiger partial charge is 0.367 e. The number of rotatable bonds is 5. The molecule has 140 valence electrons. The van der Waals surface area contributed by atoms with Crippen LogP contribution in [0.4, 0.5) is 0 Å². The van der Waals surface area contributed by atoms with Crippen LogP contribution in [0.15, 0.2) is 47.6 Å². The smallest absolute Gasteiger partial charge is 0.133 e. The Labute approximate surface area is 163 Å². The molecule has 27 heavy (non-hydrogen) atoms. The van der Waals surface area contributed by atoms with Crippen LogP contribution in [-0.2, 0) is 0 Å². The minimum absolute atomic E-state index is 0.285. The Morgan fingerprint density at radius 2 is 1.81 bits per heavy atom. The lowest BCUT2D eigenvalue weighted by Gasteiger charge is -2.47. The Bertz CT molecular complexity index is 776. The van der Waals surface area contributed by atoms with Gasteiger partial charge in [-0.05, 0) is 57.1 Å². The highest BCUT2D eigenvalue weighted by molar-refractivity contribution is 5.70. The summed E-state index contributed by atoms with van der Waals surface area (Å²) in [5.74, 6) is 0.292. The first kappa shape index (κ1) is 19.2. The summed E-state index contributed by atoms with van der Waals surface area (Å²) in [6.45, 7) is 2.06. The van der Waals surface area contributed by atoms with Gasteiger partial charge in [-0.2, -0.15) is 10.5 Å². The fourth-order valence-corrected chi connectivity index (χ4v) is 4.48. The van der Waals surface area contributed by atoms with E-state index >= 15 is 0 Å². The lowest BCUT2D eigenvalue weighted by molar-refractivity contribution is 0.169. The van der Waals surface area contributed by atoms with Crippen molar-refractivity contribution in [3.63, 3.8) is 0 Å². The highest BCUT2D eigenvalue weighted by Crippen LogP contribution is 2.43. The predicted molar refractivity (Wildman–Crippen MR) is 108 cm³/mol. The van der Waals surface area contributed by atoms with E-state index in [1.54, 1.807) is 0 Å². The molecule has 0 N–H and O–H groups in total. The van der Waals surface area contributed by atoms with E-state index in [1.165, 1.54) is 18.4 Å². The molecular formula is C23H28N4. The molecule has 2 unspecified atom stereocenters. The maximum Gasteiger partial charge on any atom is 0.133 e. The van der Waals surface area contributed by atoms with Crippen molar-refractivity contribution in [2.75, 3.05) is 27.2 Å². The SMILES string of the molecule is CN(C)CCCN1C(c2ccccc2)=CC(=C(C#N)C#N)C2CCCCC21. The van der Waals surface area contributed by atoms with Crippen molar-refractivity contribution in [1.82, 2.24) is 9.80 Å². The van der Waals surface area contributed by atoms with Gasteiger partial charge in [0.2, 0.25) is 0 Å². The van der Waals surface area contributed by atoms with E-state index < -0.39 is 0 Å². The van der Waals surface area contributed by atoms with Crippen LogP contribution in [0, 0.1) is 28.6 Å². The second-order valence-corrected chi connectivity index (χ2v) is 7.76. The monoisotopic (exact) mass is 360 g/mol. The van der Waals surface area contributed by atoms with Gasteiger partial charge in [-0.25, -0.2) is 0 Å². The maximum atomic E-state index is 9.52. The number of hydrogen-bond acceptors (Lipinski definition) is 4. The molecular weight excluding hydrogens is 332 g/mol. The molecule has 0 saturated heterocycles. The number of hydrogen-bond donors (Lipinski definition) is 0. The third kappa shape index (κ3) is 4.24. The number of fused-ring (bicyclic) bond motifs is 1. The van der Waals surface area contributed by atoms with Crippen molar-refractivity contribution in [3.8, 4) is 12.1 Å². The molecule has 0 amide bonds. The molecule has 1 aliphatic heterocycles. The van der Waals surface area contributed by atoms with Gasteiger partial charge < -0.3 is 9.80 Å². The predicted octanol–water partition coefficient (Wildman–Crippen LogP) is 4.20. The first-order valence-electron chi connectivity index (χ1n) is 9.88. The molecule has 0 bridgehead atoms. The minimum Gasteiger partial charge on any atom is -0.367 e. The minimum atomic E-state index is 0.285. The molecule has 0 radical (unpaired) electrons. The first-order chi connectivity index (χ1) is 13.2. The molecule has 4 nitrogen and oxygen atoms in total. The fraction of sp³-hybridized carbons (Fsp3) is 0.478. The number of benzene rings is 1. The van der Waals surface area contributed by atoms with Gasteiger partial charge in [0.05, 0.1) is 0 Å². The Balaban J connectivity index is 2.06. The molecule has 1 aliphatic carbocycles. The van der Waals surface area contributed by atoms with Gasteiger partial charge in [0.25, 0.3) is 0 Å². The number of nitriles is 2. The summed E-state index contributed by atoms with van der Waals surface area (Å²) < 4.78 is 0. The Kier molecular flexibility index (Phi) is 6.32. The topological polar surface area (TPSA) is 54.1 Å². The molecule has 0 spiro atoms. The van der Waals surface area contributed by atoms with Crippen LogP contribution in [0.25, 0.3) is 5.70 Å². The third-order valence-corrected chi connectivity index (χ3v) is 5.72. The van der Waals surface area contributed by atoms with E-state index in [2.05, 4.69) is 66.4 Å². The van der Waals surface area contributed by atoms with E-state index in [9.17, 15) is 10.5 Å². The van der Waals surface area contributed by atoms with Gasteiger partial charge in [-0.15, -0.1) is 0 Å². The molecule has 2 atom stereocenters. The molecule has 0 aromatic heterocycles. The zero-order valence-electron chi connectivity index (χ0n) is 16.4. The van der Waals surface area contributed by atoms with Crippen molar-refractivity contribution in [3.05, 3.63) is 53.1 Å². The summed E-state index contributed by atoms with van der Waals surface area (Å²) in [5.41, 5.74) is 3.57. The van der Waals surface area contributed by atoms with Crippen LogP contribution in [0.5, 0.6) is 0 Å². The molecule has 3 rings (SSSR count). The van der Waals surface area contributed by atoms with Crippen LogP contribution >= 0.6 is 0 Å². The Hall–Kier alpha value is -2.56.